The van der Waals surface area contributed by atoms with Crippen LogP contribution in [0.5, 0.6) is 0 Å². The summed E-state index contributed by atoms with van der Waals surface area (Å²) in [7, 11) is 0. The van der Waals surface area contributed by atoms with Gasteiger partial charge in [0.1, 0.15) is 22.3 Å². The molecule has 0 N–H and O–H groups in total. The largest absolute Gasteiger partial charge is 0.456 e. The van der Waals surface area contributed by atoms with Crippen molar-refractivity contribution in [3.05, 3.63) is 133 Å². The van der Waals surface area contributed by atoms with Gasteiger partial charge in [0.05, 0.1) is 16.7 Å². The van der Waals surface area contributed by atoms with E-state index in [0.717, 1.165) is 72.0 Å². The highest BCUT2D eigenvalue weighted by Gasteiger charge is 2.23. The third-order valence-corrected chi connectivity index (χ3v) is 8.68. The molecule has 0 spiro atoms. The molecule has 0 bridgehead atoms. The maximum Gasteiger partial charge on any atom is 0.241 e. The molecule has 0 radical (unpaired) electrons. The molecule has 6 nitrogen and oxygen atoms in total. The zero-order chi connectivity index (χ0) is 28.8. The Morgan fingerprint density at radius 3 is 1.59 bits per heavy atom. The fraction of sp³-hybridized carbons (Fsp3) is 0. The van der Waals surface area contributed by atoms with Crippen molar-refractivity contribution in [2.24, 2.45) is 0 Å². The van der Waals surface area contributed by atoms with E-state index in [1.165, 1.54) is 10.8 Å². The van der Waals surface area contributed by atoms with Gasteiger partial charge in [-0.1, -0.05) is 72.8 Å². The van der Waals surface area contributed by atoms with E-state index in [-0.39, 0.29) is 0 Å². The van der Waals surface area contributed by atoms with Crippen LogP contribution in [0.15, 0.2) is 142 Å². The Morgan fingerprint density at radius 1 is 0.409 bits per heavy atom. The topological polar surface area (TPSA) is 61.9 Å². The molecule has 44 heavy (non-hydrogen) atoms. The minimum Gasteiger partial charge on any atom is -0.456 e. The SMILES string of the molecule is c1ccc2c(c1)oc1ccc(-c3nnc(-n4c5ccccc5c5ccccc54)n3-c3ccc4oc5ccccc5c4c3)cc12. The molecule has 4 heterocycles. The van der Waals surface area contributed by atoms with Gasteiger partial charge in [-0.15, -0.1) is 10.2 Å². The van der Waals surface area contributed by atoms with Crippen LogP contribution in [0.25, 0.3) is 88.7 Å². The molecule has 10 rings (SSSR count). The summed E-state index contributed by atoms with van der Waals surface area (Å²) in [6, 6.07) is 45.7. The molecule has 0 saturated heterocycles. The van der Waals surface area contributed by atoms with E-state index in [1.807, 2.05) is 48.5 Å². The minimum atomic E-state index is 0.710. The molecule has 0 aliphatic carbocycles. The number of para-hydroxylation sites is 4. The molecule has 4 aromatic heterocycles. The second-order valence-corrected chi connectivity index (χ2v) is 11.1. The molecular weight excluding hydrogens is 544 g/mol. The second-order valence-electron chi connectivity index (χ2n) is 11.1. The van der Waals surface area contributed by atoms with Gasteiger partial charge in [0, 0.05) is 37.9 Å². The van der Waals surface area contributed by atoms with Crippen LogP contribution in [-0.4, -0.2) is 19.3 Å². The van der Waals surface area contributed by atoms with E-state index in [9.17, 15) is 0 Å². The maximum atomic E-state index is 6.18. The summed E-state index contributed by atoms with van der Waals surface area (Å²) in [6.45, 7) is 0. The Morgan fingerprint density at radius 2 is 0.932 bits per heavy atom. The zero-order valence-corrected chi connectivity index (χ0v) is 23.3. The standard InChI is InChI=1S/C38H22N4O2/c1-5-13-31-25(9-1)26-10-2-6-14-32(26)42(31)38-40-39-37(23-17-19-35-29(21-23)27-11-3-7-15-33(27)43-35)41(38)24-18-20-36-30(22-24)28-12-4-8-16-34(28)44-36/h1-22H. The van der Waals surface area contributed by atoms with Crippen LogP contribution < -0.4 is 0 Å². The van der Waals surface area contributed by atoms with Crippen molar-refractivity contribution in [1.29, 1.82) is 0 Å². The highest BCUT2D eigenvalue weighted by Crippen LogP contribution is 2.37. The van der Waals surface area contributed by atoms with Gasteiger partial charge < -0.3 is 8.83 Å². The first-order chi connectivity index (χ1) is 21.8. The fourth-order valence-electron chi connectivity index (χ4n) is 6.70. The molecule has 6 heteroatoms. The average Bonchev–Trinajstić information content (AvgIpc) is 3.84. The first kappa shape index (κ1) is 23.4. The third kappa shape index (κ3) is 3.19. The van der Waals surface area contributed by atoms with Gasteiger partial charge >= 0.3 is 0 Å². The molecule has 0 aliphatic rings. The van der Waals surface area contributed by atoms with Crippen molar-refractivity contribution in [1.82, 2.24) is 19.3 Å². The third-order valence-electron chi connectivity index (χ3n) is 8.68. The fourth-order valence-corrected chi connectivity index (χ4v) is 6.70. The smallest absolute Gasteiger partial charge is 0.241 e. The molecule has 0 amide bonds. The van der Waals surface area contributed by atoms with Crippen molar-refractivity contribution in [2.45, 2.75) is 0 Å². The van der Waals surface area contributed by atoms with E-state index < -0.39 is 0 Å². The van der Waals surface area contributed by atoms with Gasteiger partial charge in [-0.3, -0.25) is 9.13 Å². The second kappa shape index (κ2) is 8.69. The van der Waals surface area contributed by atoms with E-state index in [1.54, 1.807) is 0 Å². The van der Waals surface area contributed by atoms with Crippen LogP contribution in [0.2, 0.25) is 0 Å². The highest BCUT2D eigenvalue weighted by atomic mass is 16.3. The van der Waals surface area contributed by atoms with E-state index >= 15 is 0 Å². The van der Waals surface area contributed by atoms with Gasteiger partial charge in [0.25, 0.3) is 0 Å². The number of hydrogen-bond donors (Lipinski definition) is 0. The number of hydrogen-bond acceptors (Lipinski definition) is 4. The van der Waals surface area contributed by atoms with Crippen molar-refractivity contribution in [2.75, 3.05) is 0 Å². The molecule has 0 saturated carbocycles. The Bertz CT molecular complexity index is 2690. The zero-order valence-electron chi connectivity index (χ0n) is 23.3. The van der Waals surface area contributed by atoms with Crippen LogP contribution >= 0.6 is 0 Å². The lowest BCUT2D eigenvalue weighted by Crippen LogP contribution is -2.06. The van der Waals surface area contributed by atoms with Crippen LogP contribution in [0.3, 0.4) is 0 Å². The predicted octanol–water partition coefficient (Wildman–Crippen LogP) is 9.83. The van der Waals surface area contributed by atoms with Gasteiger partial charge in [-0.25, -0.2) is 0 Å². The lowest BCUT2D eigenvalue weighted by molar-refractivity contribution is 0.668. The van der Waals surface area contributed by atoms with E-state index in [4.69, 9.17) is 19.0 Å². The number of benzene rings is 6. The predicted molar refractivity (Wildman–Crippen MR) is 176 cm³/mol. The summed E-state index contributed by atoms with van der Waals surface area (Å²) in [5.74, 6) is 1.45. The molecule has 6 aromatic carbocycles. The summed E-state index contributed by atoms with van der Waals surface area (Å²) in [6.07, 6.45) is 0. The van der Waals surface area contributed by atoms with Crippen LogP contribution in [-0.2, 0) is 0 Å². The Labute approximate surface area is 250 Å². The highest BCUT2D eigenvalue weighted by molar-refractivity contribution is 6.10. The monoisotopic (exact) mass is 566 g/mol. The van der Waals surface area contributed by atoms with E-state index in [2.05, 4.69) is 94.1 Å². The van der Waals surface area contributed by atoms with Gasteiger partial charge in [-0.2, -0.15) is 0 Å². The first-order valence-corrected chi connectivity index (χ1v) is 14.6. The van der Waals surface area contributed by atoms with Crippen molar-refractivity contribution >= 4 is 65.7 Å². The van der Waals surface area contributed by atoms with Crippen LogP contribution in [0, 0.1) is 0 Å². The Hall–Kier alpha value is -6.14. The quantitative estimate of drug-likeness (QED) is 0.214. The molecule has 10 aromatic rings. The van der Waals surface area contributed by atoms with Crippen molar-refractivity contribution in [3.63, 3.8) is 0 Å². The van der Waals surface area contributed by atoms with Gasteiger partial charge in [0.15, 0.2) is 5.82 Å². The summed E-state index contributed by atoms with van der Waals surface area (Å²) < 4.78 is 16.7. The minimum absolute atomic E-state index is 0.710. The summed E-state index contributed by atoms with van der Waals surface area (Å²) in [4.78, 5) is 0. The van der Waals surface area contributed by atoms with Crippen molar-refractivity contribution in [3.8, 4) is 23.0 Å². The van der Waals surface area contributed by atoms with Crippen LogP contribution in [0.4, 0.5) is 0 Å². The summed E-state index contributed by atoms with van der Waals surface area (Å²) in [5, 5.41) is 16.3. The number of furan rings is 2. The molecule has 0 unspecified atom stereocenters. The summed E-state index contributed by atoms with van der Waals surface area (Å²) >= 11 is 0. The van der Waals surface area contributed by atoms with Crippen LogP contribution in [0.1, 0.15) is 0 Å². The first-order valence-electron chi connectivity index (χ1n) is 14.6. The average molecular weight is 567 g/mol. The lowest BCUT2D eigenvalue weighted by Gasteiger charge is -2.13. The lowest BCUT2D eigenvalue weighted by atomic mass is 10.1. The number of rotatable bonds is 3. The molecule has 0 fully saturated rings. The Kier molecular flexibility index (Phi) is 4.63. The normalized spacial score (nSPS) is 12.1. The molecular formula is C38H22N4O2. The number of fused-ring (bicyclic) bond motifs is 9. The number of aromatic nitrogens is 4. The Balaban J connectivity index is 1.31. The van der Waals surface area contributed by atoms with Gasteiger partial charge in [-0.05, 0) is 60.7 Å². The molecule has 0 atom stereocenters. The molecule has 206 valence electrons. The van der Waals surface area contributed by atoms with Crippen molar-refractivity contribution < 1.29 is 8.83 Å². The van der Waals surface area contributed by atoms with E-state index in [0.29, 0.717) is 5.95 Å². The van der Waals surface area contributed by atoms with Gasteiger partial charge in [0.2, 0.25) is 5.95 Å². The molecule has 0 aliphatic heterocycles. The summed E-state index contributed by atoms with van der Waals surface area (Å²) in [5.41, 5.74) is 7.44. The number of nitrogens with zero attached hydrogens (tertiary/aromatic N) is 4. The maximum absolute atomic E-state index is 6.18.